The Bertz CT molecular complexity index is 4680. The van der Waals surface area contributed by atoms with Crippen LogP contribution < -0.4 is 0 Å². The Morgan fingerprint density at radius 1 is 0.329 bits per heavy atom. The second kappa shape index (κ2) is 15.0. The van der Waals surface area contributed by atoms with Crippen molar-refractivity contribution in [2.45, 2.75) is 0 Å². The summed E-state index contributed by atoms with van der Waals surface area (Å²) in [4.78, 5) is 20.8. The number of furan rings is 1. The fourth-order valence-electron chi connectivity index (χ4n) is 11.1. The maximum absolute atomic E-state index is 6.29. The van der Waals surface area contributed by atoms with Crippen LogP contribution in [0, 0.1) is 0 Å². The van der Waals surface area contributed by atoms with Crippen LogP contribution >= 0.6 is 0 Å². The van der Waals surface area contributed by atoms with Gasteiger partial charge in [-0.2, -0.15) is 0 Å². The molecule has 0 unspecified atom stereocenters. The van der Waals surface area contributed by atoms with Gasteiger partial charge in [-0.1, -0.05) is 176 Å². The maximum atomic E-state index is 6.29. The fourth-order valence-corrected chi connectivity index (χ4v) is 11.1. The van der Waals surface area contributed by atoms with Gasteiger partial charge in [-0.15, -0.1) is 0 Å². The topological polar surface area (TPSA) is 69.6 Å². The highest BCUT2D eigenvalue weighted by Gasteiger charge is 2.23. The van der Waals surface area contributed by atoms with Crippen LogP contribution in [-0.2, 0) is 0 Å². The van der Waals surface area contributed by atoms with Gasteiger partial charge < -0.3 is 8.98 Å². The van der Waals surface area contributed by atoms with E-state index >= 15 is 0 Å². The van der Waals surface area contributed by atoms with Gasteiger partial charge in [0.1, 0.15) is 5.58 Å². The molecular weight excluding hydrogens is 855 g/mol. The Balaban J connectivity index is 0.985. The van der Waals surface area contributed by atoms with E-state index in [4.69, 9.17) is 19.4 Å². The van der Waals surface area contributed by atoms with Crippen LogP contribution in [0.1, 0.15) is 0 Å². The van der Waals surface area contributed by atoms with Crippen molar-refractivity contribution in [2.24, 2.45) is 0 Å². The number of benzene rings is 11. The van der Waals surface area contributed by atoms with Gasteiger partial charge in [0, 0.05) is 44.4 Å². The van der Waals surface area contributed by atoms with Gasteiger partial charge in [0.15, 0.2) is 17.5 Å². The summed E-state index contributed by atoms with van der Waals surface area (Å²) in [6, 6.07) is 77.9. The number of hydrogen-bond acceptors (Lipinski definition) is 5. The fraction of sp³-hybridized carbons (Fsp3) is 0. The van der Waals surface area contributed by atoms with Crippen molar-refractivity contribution in [2.75, 3.05) is 0 Å². The predicted molar refractivity (Wildman–Crippen MR) is 289 cm³/mol. The van der Waals surface area contributed by atoms with Crippen LogP contribution in [0.4, 0.5) is 0 Å². The van der Waals surface area contributed by atoms with E-state index in [0.717, 1.165) is 71.3 Å². The molecule has 0 saturated carbocycles. The highest BCUT2D eigenvalue weighted by atomic mass is 16.3. The molecule has 6 heteroatoms. The van der Waals surface area contributed by atoms with Gasteiger partial charge >= 0.3 is 0 Å². The Labute approximate surface area is 400 Å². The molecule has 0 saturated heterocycles. The Kier molecular flexibility index (Phi) is 8.26. The normalized spacial score (nSPS) is 12.0. The first-order valence-electron chi connectivity index (χ1n) is 23.6. The summed E-state index contributed by atoms with van der Waals surface area (Å²) in [7, 11) is 0. The minimum atomic E-state index is 0.539. The molecule has 0 N–H and O–H groups in total. The molecule has 0 aliphatic rings. The molecule has 0 atom stereocenters. The zero-order valence-corrected chi connectivity index (χ0v) is 37.5. The summed E-state index contributed by atoms with van der Waals surface area (Å²) < 4.78 is 8.74. The third kappa shape index (κ3) is 5.80. The number of para-hydroxylation sites is 2. The number of nitrogens with zero attached hydrogens (tertiary/aromatic N) is 5. The Morgan fingerprint density at radius 3 is 1.83 bits per heavy atom. The molecule has 0 spiro atoms. The van der Waals surface area contributed by atoms with Crippen LogP contribution in [0.2, 0.25) is 0 Å². The van der Waals surface area contributed by atoms with Crippen molar-refractivity contribution >= 4 is 97.7 Å². The van der Waals surface area contributed by atoms with E-state index in [1.807, 2.05) is 24.3 Å². The van der Waals surface area contributed by atoms with Crippen molar-refractivity contribution < 1.29 is 4.42 Å². The van der Waals surface area contributed by atoms with Crippen LogP contribution in [-0.4, -0.2) is 24.5 Å². The summed E-state index contributed by atoms with van der Waals surface area (Å²) in [6.45, 7) is 0. The first-order valence-corrected chi connectivity index (χ1v) is 23.6. The second-order valence-electron chi connectivity index (χ2n) is 18.1. The lowest BCUT2D eigenvalue weighted by Crippen LogP contribution is -2.02. The molecule has 0 amide bonds. The van der Waals surface area contributed by atoms with E-state index in [2.05, 4.69) is 204 Å². The monoisotopic (exact) mass is 891 g/mol. The predicted octanol–water partition coefficient (Wildman–Crippen LogP) is 16.7. The molecule has 324 valence electrons. The molecule has 4 heterocycles. The molecule has 15 aromatic rings. The number of rotatable bonds is 5. The number of aromatic nitrogens is 5. The number of hydrogen-bond donors (Lipinski definition) is 0. The number of pyridine rings is 1. The van der Waals surface area contributed by atoms with E-state index in [9.17, 15) is 0 Å². The van der Waals surface area contributed by atoms with E-state index < -0.39 is 0 Å². The minimum absolute atomic E-state index is 0.539. The highest BCUT2D eigenvalue weighted by Crippen LogP contribution is 2.44. The summed E-state index contributed by atoms with van der Waals surface area (Å²) in [6.07, 6.45) is 1.77. The van der Waals surface area contributed by atoms with Crippen molar-refractivity contribution in [1.29, 1.82) is 0 Å². The summed E-state index contributed by atoms with van der Waals surface area (Å²) >= 11 is 0. The van der Waals surface area contributed by atoms with Gasteiger partial charge in [-0.25, -0.2) is 19.9 Å². The molecule has 70 heavy (non-hydrogen) atoms. The van der Waals surface area contributed by atoms with Crippen LogP contribution in [0.15, 0.2) is 229 Å². The van der Waals surface area contributed by atoms with Crippen molar-refractivity contribution in [1.82, 2.24) is 24.5 Å². The van der Waals surface area contributed by atoms with Gasteiger partial charge in [0.25, 0.3) is 0 Å². The molecule has 0 fully saturated rings. The van der Waals surface area contributed by atoms with Gasteiger partial charge in [0.05, 0.1) is 22.1 Å². The van der Waals surface area contributed by atoms with Crippen LogP contribution in [0.3, 0.4) is 0 Å². The van der Waals surface area contributed by atoms with Gasteiger partial charge in [0.2, 0.25) is 5.71 Å². The molecule has 11 aromatic carbocycles. The lowest BCUT2D eigenvalue weighted by atomic mass is 9.93. The van der Waals surface area contributed by atoms with Crippen molar-refractivity contribution in [3.05, 3.63) is 225 Å². The molecule has 0 bridgehead atoms. The molecule has 0 aliphatic carbocycles. The second-order valence-corrected chi connectivity index (χ2v) is 18.1. The average molecular weight is 892 g/mol. The Morgan fingerprint density at radius 2 is 0.943 bits per heavy atom. The first-order chi connectivity index (χ1) is 34.7. The zero-order chi connectivity index (χ0) is 45.9. The zero-order valence-electron chi connectivity index (χ0n) is 37.5. The van der Waals surface area contributed by atoms with Gasteiger partial charge in [-0.3, -0.25) is 0 Å². The summed E-state index contributed by atoms with van der Waals surface area (Å²) in [5.74, 6) is 1.70. The van der Waals surface area contributed by atoms with Gasteiger partial charge in [-0.05, 0) is 102 Å². The van der Waals surface area contributed by atoms with Crippen molar-refractivity contribution in [3.63, 3.8) is 0 Å². The molecule has 15 rings (SSSR count). The highest BCUT2D eigenvalue weighted by molar-refractivity contribution is 6.25. The third-order valence-electron chi connectivity index (χ3n) is 14.3. The summed E-state index contributed by atoms with van der Waals surface area (Å²) in [5, 5.41) is 15.9. The smallest absolute Gasteiger partial charge is 0.228 e. The van der Waals surface area contributed by atoms with E-state index in [0.29, 0.717) is 23.2 Å². The minimum Gasteiger partial charge on any atom is -0.438 e. The molecule has 4 aromatic heterocycles. The lowest BCUT2D eigenvalue weighted by Gasteiger charge is -2.16. The molecule has 0 radical (unpaired) electrons. The first kappa shape index (κ1) is 38.6. The SMILES string of the molecule is c1ccc2cc(-c3cc4c(c5ccccc35)c3ccccc3n4-c3cccc4c(-c5nc(-c6ccc7ccc8ccccc8c7c6)nc(-c6ccnc7oc8ccccc8c67)n5)cccc34)ccc2c1. The quantitative estimate of drug-likeness (QED) is 0.161. The average Bonchev–Trinajstić information content (AvgIpc) is 3.98. The lowest BCUT2D eigenvalue weighted by molar-refractivity contribution is 0.654. The molecule has 6 nitrogen and oxygen atoms in total. The standard InChI is InChI=1S/C64H37N5O/c1-2-15-41-35-42(31-27-38(41)13-1)54-37-57-59(48-18-6-5-17-46(48)54)50-19-7-9-24-56(50)69(57)55-25-12-21-45-47(55)22-11-23-49(45)62-66-61(43-32-30-40-29-28-39-14-3-4-16-44(39)53(40)36-43)67-63(68-62)52-33-34-65-64-60(52)51-20-8-10-26-58(51)70-64/h1-37H. The summed E-state index contributed by atoms with van der Waals surface area (Å²) in [5.41, 5.74) is 9.66. The Hall–Kier alpha value is -9.52. The van der Waals surface area contributed by atoms with Crippen LogP contribution in [0.25, 0.3) is 149 Å². The maximum Gasteiger partial charge on any atom is 0.228 e. The van der Waals surface area contributed by atoms with E-state index in [1.54, 1.807) is 6.20 Å². The van der Waals surface area contributed by atoms with Crippen LogP contribution in [0.5, 0.6) is 0 Å². The molecular formula is C64H37N5O. The van der Waals surface area contributed by atoms with E-state index in [-0.39, 0.29) is 0 Å². The van der Waals surface area contributed by atoms with E-state index in [1.165, 1.54) is 54.2 Å². The molecule has 0 aliphatic heterocycles. The third-order valence-corrected chi connectivity index (χ3v) is 14.3. The largest absolute Gasteiger partial charge is 0.438 e. The van der Waals surface area contributed by atoms with Crippen molar-refractivity contribution in [3.8, 4) is 51.0 Å². The number of fused-ring (bicyclic) bond motifs is 13.